The average Bonchev–Trinajstić information content (AvgIpc) is 2.30. The van der Waals surface area contributed by atoms with Gasteiger partial charge in [-0.1, -0.05) is 0 Å². The maximum absolute atomic E-state index is 10.5. The summed E-state index contributed by atoms with van der Waals surface area (Å²) >= 11 is 6.19. The number of aryl methyl sites for hydroxylation is 1. The van der Waals surface area contributed by atoms with Gasteiger partial charge in [0.05, 0.1) is 11.4 Å². The SMILES string of the molecule is Cc1nsc(C(=O)O)c1NCl. The number of nitrogens with one attached hydrogen (secondary N) is 1. The standard InChI is InChI=1S/C5H5ClN2O2S/c1-2-3(7-6)4(5(9)10)11-8-2/h7H,1H3,(H,9,10). The second kappa shape index (κ2) is 3.06. The fraction of sp³-hybridized carbons (Fsp3) is 0.200. The van der Waals surface area contributed by atoms with E-state index < -0.39 is 5.97 Å². The highest BCUT2D eigenvalue weighted by molar-refractivity contribution is 7.08. The summed E-state index contributed by atoms with van der Waals surface area (Å²) in [6.07, 6.45) is 0. The molecule has 0 unspecified atom stereocenters. The number of carboxylic acid groups (broad SMARTS) is 1. The molecule has 6 heteroatoms. The van der Waals surface area contributed by atoms with E-state index in [9.17, 15) is 4.79 Å². The van der Waals surface area contributed by atoms with Crippen molar-refractivity contribution in [2.24, 2.45) is 0 Å². The second-order valence-electron chi connectivity index (χ2n) is 1.87. The van der Waals surface area contributed by atoms with Crippen LogP contribution >= 0.6 is 23.3 Å². The number of rotatable bonds is 2. The van der Waals surface area contributed by atoms with Crippen molar-refractivity contribution in [1.29, 1.82) is 0 Å². The van der Waals surface area contributed by atoms with Gasteiger partial charge in [0, 0.05) is 11.8 Å². The third-order valence-corrected chi connectivity index (χ3v) is 2.27. The van der Waals surface area contributed by atoms with E-state index >= 15 is 0 Å². The monoisotopic (exact) mass is 192 g/mol. The van der Waals surface area contributed by atoms with E-state index in [0.717, 1.165) is 11.5 Å². The zero-order valence-electron chi connectivity index (χ0n) is 5.59. The molecule has 11 heavy (non-hydrogen) atoms. The van der Waals surface area contributed by atoms with Gasteiger partial charge in [0.2, 0.25) is 0 Å². The molecule has 0 spiro atoms. The fourth-order valence-electron chi connectivity index (χ4n) is 0.627. The van der Waals surface area contributed by atoms with Crippen molar-refractivity contribution in [3.05, 3.63) is 10.6 Å². The van der Waals surface area contributed by atoms with Gasteiger partial charge in [0.25, 0.3) is 0 Å². The highest BCUT2D eigenvalue weighted by atomic mass is 35.5. The van der Waals surface area contributed by atoms with Gasteiger partial charge in [-0.05, 0) is 18.5 Å². The molecule has 0 aliphatic rings. The van der Waals surface area contributed by atoms with Crippen molar-refractivity contribution < 1.29 is 9.90 Å². The van der Waals surface area contributed by atoms with Crippen LogP contribution in [0.4, 0.5) is 5.69 Å². The predicted octanol–water partition coefficient (Wildman–Crippen LogP) is 1.72. The number of halogens is 1. The minimum Gasteiger partial charge on any atom is -0.477 e. The van der Waals surface area contributed by atoms with Crippen molar-refractivity contribution in [3.63, 3.8) is 0 Å². The first kappa shape index (κ1) is 8.29. The predicted molar refractivity (Wildman–Crippen MR) is 43.3 cm³/mol. The number of carbonyl (C=O) groups is 1. The van der Waals surface area contributed by atoms with Crippen molar-refractivity contribution in [1.82, 2.24) is 4.37 Å². The van der Waals surface area contributed by atoms with E-state index in [1.54, 1.807) is 6.92 Å². The third-order valence-electron chi connectivity index (χ3n) is 1.15. The summed E-state index contributed by atoms with van der Waals surface area (Å²) in [5.41, 5.74) is 0.978. The lowest BCUT2D eigenvalue weighted by molar-refractivity contribution is 0.0703. The van der Waals surface area contributed by atoms with Gasteiger partial charge >= 0.3 is 5.97 Å². The number of hydrogen-bond acceptors (Lipinski definition) is 4. The Morgan fingerprint density at radius 3 is 2.82 bits per heavy atom. The highest BCUT2D eigenvalue weighted by Gasteiger charge is 2.15. The number of hydrogen-bond donors (Lipinski definition) is 2. The van der Waals surface area contributed by atoms with Crippen molar-refractivity contribution in [2.75, 3.05) is 4.84 Å². The molecule has 1 aromatic rings. The lowest BCUT2D eigenvalue weighted by Crippen LogP contribution is -1.95. The van der Waals surface area contributed by atoms with Gasteiger partial charge < -0.3 is 5.11 Å². The molecule has 0 fully saturated rings. The average molecular weight is 193 g/mol. The molecule has 0 saturated heterocycles. The summed E-state index contributed by atoms with van der Waals surface area (Å²) in [5.74, 6) is -1.02. The first-order valence-corrected chi connectivity index (χ1v) is 3.88. The maximum atomic E-state index is 10.5. The lowest BCUT2D eigenvalue weighted by Gasteiger charge is -1.94. The summed E-state index contributed by atoms with van der Waals surface area (Å²) in [6, 6.07) is 0. The van der Waals surface area contributed by atoms with Crippen molar-refractivity contribution in [2.45, 2.75) is 6.92 Å². The molecule has 4 nitrogen and oxygen atoms in total. The highest BCUT2D eigenvalue weighted by Crippen LogP contribution is 2.24. The minimum atomic E-state index is -1.02. The van der Waals surface area contributed by atoms with Crippen LogP contribution in [0.2, 0.25) is 0 Å². The number of aromatic nitrogens is 1. The normalized spacial score (nSPS) is 9.64. The molecule has 60 valence electrons. The van der Waals surface area contributed by atoms with Gasteiger partial charge in [0.15, 0.2) is 4.88 Å². The van der Waals surface area contributed by atoms with E-state index in [4.69, 9.17) is 16.9 Å². The van der Waals surface area contributed by atoms with Crippen LogP contribution in [0.5, 0.6) is 0 Å². The lowest BCUT2D eigenvalue weighted by atomic mass is 10.3. The molecule has 0 aliphatic heterocycles. The van der Waals surface area contributed by atoms with E-state index in [1.165, 1.54) is 0 Å². The van der Waals surface area contributed by atoms with Gasteiger partial charge in [-0.2, -0.15) is 4.37 Å². The Hall–Kier alpha value is -0.810. The summed E-state index contributed by atoms with van der Waals surface area (Å²) in [5, 5.41) is 8.58. The van der Waals surface area contributed by atoms with Gasteiger partial charge in [-0.25, -0.2) is 4.79 Å². The molecule has 0 radical (unpaired) electrons. The van der Waals surface area contributed by atoms with Crippen LogP contribution < -0.4 is 4.84 Å². The molecule has 0 atom stereocenters. The topological polar surface area (TPSA) is 62.2 Å². The molecule has 2 N–H and O–H groups in total. The second-order valence-corrected chi connectivity index (χ2v) is 2.83. The molecule has 0 aliphatic carbocycles. The Morgan fingerprint density at radius 1 is 1.82 bits per heavy atom. The van der Waals surface area contributed by atoms with E-state index in [1.807, 2.05) is 0 Å². The van der Waals surface area contributed by atoms with E-state index in [0.29, 0.717) is 11.4 Å². The Kier molecular flexibility index (Phi) is 2.31. The first-order valence-electron chi connectivity index (χ1n) is 2.73. The van der Waals surface area contributed by atoms with Gasteiger partial charge in [-0.15, -0.1) is 0 Å². The van der Waals surface area contributed by atoms with Crippen LogP contribution in [0.15, 0.2) is 0 Å². The quantitative estimate of drug-likeness (QED) is 0.701. The Labute approximate surface area is 72.1 Å². The van der Waals surface area contributed by atoms with Gasteiger partial charge in [0.1, 0.15) is 0 Å². The van der Waals surface area contributed by atoms with E-state index in [2.05, 4.69) is 9.21 Å². The molecule has 1 rings (SSSR count). The fourth-order valence-corrected chi connectivity index (χ4v) is 1.60. The van der Waals surface area contributed by atoms with Crippen LogP contribution in [0.3, 0.4) is 0 Å². The largest absolute Gasteiger partial charge is 0.477 e. The molecular weight excluding hydrogens is 188 g/mol. The van der Waals surface area contributed by atoms with Crippen LogP contribution in [0, 0.1) is 6.92 Å². The molecule has 1 aromatic heterocycles. The van der Waals surface area contributed by atoms with Crippen LogP contribution in [0.25, 0.3) is 0 Å². The number of aromatic carboxylic acids is 1. The summed E-state index contributed by atoms with van der Waals surface area (Å²) in [6.45, 7) is 1.69. The number of carboxylic acids is 1. The minimum absolute atomic E-state index is 0.137. The Balaban J connectivity index is 3.15. The number of nitrogens with zero attached hydrogens (tertiary/aromatic N) is 1. The van der Waals surface area contributed by atoms with Gasteiger partial charge in [-0.3, -0.25) is 4.84 Å². The molecule has 0 amide bonds. The third kappa shape index (κ3) is 1.44. The van der Waals surface area contributed by atoms with Crippen molar-refractivity contribution in [3.8, 4) is 0 Å². The zero-order chi connectivity index (χ0) is 8.43. The summed E-state index contributed by atoms with van der Waals surface area (Å²) in [7, 11) is 0. The Morgan fingerprint density at radius 2 is 2.45 bits per heavy atom. The van der Waals surface area contributed by atoms with Crippen molar-refractivity contribution >= 4 is 35.0 Å². The molecule has 0 saturated carbocycles. The van der Waals surface area contributed by atoms with Crippen LogP contribution in [-0.4, -0.2) is 15.4 Å². The van der Waals surface area contributed by atoms with Crippen LogP contribution in [0.1, 0.15) is 15.4 Å². The Bertz CT molecular complexity index is 286. The molecular formula is C5H5ClN2O2S. The summed E-state index contributed by atoms with van der Waals surface area (Å²) < 4.78 is 3.82. The number of anilines is 1. The molecule has 0 aromatic carbocycles. The maximum Gasteiger partial charge on any atom is 0.349 e. The molecule has 0 bridgehead atoms. The zero-order valence-corrected chi connectivity index (χ0v) is 7.16. The molecule has 1 heterocycles. The first-order chi connectivity index (χ1) is 5.16. The van der Waals surface area contributed by atoms with E-state index in [-0.39, 0.29) is 4.88 Å². The summed E-state index contributed by atoms with van der Waals surface area (Å²) in [4.78, 5) is 12.9. The van der Waals surface area contributed by atoms with Crippen LogP contribution in [-0.2, 0) is 0 Å². The smallest absolute Gasteiger partial charge is 0.349 e.